The van der Waals surface area contributed by atoms with Gasteiger partial charge in [0, 0.05) is 12.0 Å². The second kappa shape index (κ2) is 5.15. The number of pyridine rings is 1. The van der Waals surface area contributed by atoms with Crippen LogP contribution < -0.4 is 5.73 Å². The standard InChI is InChI=1S/C15H15FIN5O/c1-6(2)22-13-8(16)5-19-15(18)9(13)11(20-22)12-10(17)14(23-21-12)7-3-4-7/h5-7H,3-4H2,1-2H3,(H2,18,19). The van der Waals surface area contributed by atoms with E-state index in [-0.39, 0.29) is 11.9 Å². The maximum atomic E-state index is 14.3. The number of aromatic nitrogens is 4. The normalized spacial score (nSPS) is 15.0. The predicted molar refractivity (Wildman–Crippen MR) is 92.5 cm³/mol. The minimum absolute atomic E-state index is 0.0185. The first-order valence-corrected chi connectivity index (χ1v) is 8.54. The first-order valence-electron chi connectivity index (χ1n) is 7.46. The average Bonchev–Trinajstić information content (AvgIpc) is 3.15. The molecular formula is C15H15FIN5O. The summed E-state index contributed by atoms with van der Waals surface area (Å²) in [6.07, 6.45) is 3.36. The Balaban J connectivity index is 2.02. The lowest BCUT2D eigenvalue weighted by molar-refractivity contribution is 0.385. The van der Waals surface area contributed by atoms with Gasteiger partial charge >= 0.3 is 0 Å². The SMILES string of the molecule is CC(C)n1nc(-c2noc(C3CC3)c2I)c2c(N)ncc(F)c21. The lowest BCUT2D eigenvalue weighted by Gasteiger charge is -2.07. The van der Waals surface area contributed by atoms with Crippen LogP contribution in [0, 0.1) is 9.39 Å². The number of rotatable bonds is 3. The molecule has 3 heterocycles. The van der Waals surface area contributed by atoms with Gasteiger partial charge in [-0.25, -0.2) is 9.37 Å². The molecule has 0 unspecified atom stereocenters. The van der Waals surface area contributed by atoms with E-state index in [0.717, 1.165) is 28.4 Å². The molecule has 2 N–H and O–H groups in total. The fourth-order valence-corrected chi connectivity index (χ4v) is 3.63. The van der Waals surface area contributed by atoms with Crippen molar-refractivity contribution >= 4 is 39.3 Å². The van der Waals surface area contributed by atoms with Crippen molar-refractivity contribution in [2.45, 2.75) is 38.6 Å². The Morgan fingerprint density at radius 3 is 2.78 bits per heavy atom. The van der Waals surface area contributed by atoms with Gasteiger partial charge in [0.2, 0.25) is 0 Å². The highest BCUT2D eigenvalue weighted by atomic mass is 127. The van der Waals surface area contributed by atoms with Crippen LogP contribution in [-0.4, -0.2) is 19.9 Å². The summed E-state index contributed by atoms with van der Waals surface area (Å²) in [5, 5.41) is 9.23. The van der Waals surface area contributed by atoms with E-state index >= 15 is 0 Å². The third kappa shape index (κ3) is 2.22. The van der Waals surface area contributed by atoms with Gasteiger partial charge in [0.05, 0.1) is 15.2 Å². The van der Waals surface area contributed by atoms with Crippen molar-refractivity contribution in [1.29, 1.82) is 0 Å². The van der Waals surface area contributed by atoms with Gasteiger partial charge in [-0.2, -0.15) is 5.10 Å². The molecule has 0 bridgehead atoms. The Kier molecular flexibility index (Phi) is 3.33. The molecular weight excluding hydrogens is 412 g/mol. The molecule has 3 aromatic heterocycles. The quantitative estimate of drug-likeness (QED) is 0.642. The van der Waals surface area contributed by atoms with Crippen molar-refractivity contribution < 1.29 is 8.91 Å². The highest BCUT2D eigenvalue weighted by molar-refractivity contribution is 14.1. The molecule has 0 radical (unpaired) electrons. The van der Waals surface area contributed by atoms with Gasteiger partial charge in [-0.1, -0.05) is 5.16 Å². The van der Waals surface area contributed by atoms with Gasteiger partial charge < -0.3 is 10.3 Å². The maximum Gasteiger partial charge on any atom is 0.167 e. The monoisotopic (exact) mass is 427 g/mol. The van der Waals surface area contributed by atoms with E-state index < -0.39 is 5.82 Å². The number of hydrogen-bond donors (Lipinski definition) is 1. The van der Waals surface area contributed by atoms with Crippen LogP contribution in [0.2, 0.25) is 0 Å². The minimum atomic E-state index is -0.442. The zero-order valence-electron chi connectivity index (χ0n) is 12.7. The topological polar surface area (TPSA) is 82.8 Å². The zero-order valence-corrected chi connectivity index (χ0v) is 14.8. The van der Waals surface area contributed by atoms with Crippen LogP contribution in [0.1, 0.15) is 44.4 Å². The highest BCUT2D eigenvalue weighted by Gasteiger charge is 2.33. The third-order valence-electron chi connectivity index (χ3n) is 4.03. The Morgan fingerprint density at radius 1 is 1.39 bits per heavy atom. The van der Waals surface area contributed by atoms with Crippen molar-refractivity contribution in [3.05, 3.63) is 21.3 Å². The van der Waals surface area contributed by atoms with Gasteiger partial charge in [-0.3, -0.25) is 4.68 Å². The molecule has 0 aliphatic heterocycles. The van der Waals surface area contributed by atoms with Crippen molar-refractivity contribution in [2.75, 3.05) is 5.73 Å². The molecule has 23 heavy (non-hydrogen) atoms. The Morgan fingerprint density at radius 2 is 2.13 bits per heavy atom. The second-order valence-corrected chi connectivity index (χ2v) is 7.16. The Hall–Kier alpha value is -1.71. The molecule has 1 saturated carbocycles. The van der Waals surface area contributed by atoms with E-state index in [1.165, 1.54) is 0 Å². The number of anilines is 1. The minimum Gasteiger partial charge on any atom is -0.383 e. The number of nitrogens with zero attached hydrogens (tertiary/aromatic N) is 4. The van der Waals surface area contributed by atoms with Gasteiger partial charge in [0.25, 0.3) is 0 Å². The van der Waals surface area contributed by atoms with Crippen LogP contribution >= 0.6 is 22.6 Å². The fourth-order valence-electron chi connectivity index (χ4n) is 2.74. The molecule has 1 aliphatic rings. The summed E-state index contributed by atoms with van der Waals surface area (Å²) in [5.74, 6) is 1.13. The van der Waals surface area contributed by atoms with Gasteiger partial charge in [-0.15, -0.1) is 0 Å². The molecule has 120 valence electrons. The van der Waals surface area contributed by atoms with Crippen LogP contribution in [0.5, 0.6) is 0 Å². The van der Waals surface area contributed by atoms with E-state index in [2.05, 4.69) is 37.8 Å². The summed E-state index contributed by atoms with van der Waals surface area (Å²) in [5.41, 5.74) is 7.50. The average molecular weight is 427 g/mol. The number of fused-ring (bicyclic) bond motifs is 1. The molecule has 1 fully saturated rings. The van der Waals surface area contributed by atoms with Gasteiger partial charge in [-0.05, 0) is 49.3 Å². The van der Waals surface area contributed by atoms with Gasteiger partial charge in [0.15, 0.2) is 11.6 Å². The van der Waals surface area contributed by atoms with Crippen LogP contribution in [0.25, 0.3) is 22.3 Å². The van der Waals surface area contributed by atoms with Crippen molar-refractivity contribution in [1.82, 2.24) is 19.9 Å². The largest absolute Gasteiger partial charge is 0.383 e. The lowest BCUT2D eigenvalue weighted by atomic mass is 10.1. The summed E-state index contributed by atoms with van der Waals surface area (Å²) < 4.78 is 22.4. The van der Waals surface area contributed by atoms with Crippen LogP contribution in [0.3, 0.4) is 0 Å². The molecule has 0 saturated heterocycles. The number of halogens is 2. The maximum absolute atomic E-state index is 14.3. The first-order chi connectivity index (χ1) is 11.0. The second-order valence-electron chi connectivity index (χ2n) is 6.09. The molecule has 3 aromatic rings. The van der Waals surface area contributed by atoms with Gasteiger partial charge in [0.1, 0.15) is 22.7 Å². The Bertz CT molecular complexity index is 912. The summed E-state index contributed by atoms with van der Waals surface area (Å²) in [4.78, 5) is 3.94. The van der Waals surface area contributed by atoms with Crippen molar-refractivity contribution in [3.63, 3.8) is 0 Å². The van der Waals surface area contributed by atoms with Crippen molar-refractivity contribution in [3.8, 4) is 11.4 Å². The summed E-state index contributed by atoms with van der Waals surface area (Å²) >= 11 is 2.21. The number of nitrogen functional groups attached to an aromatic ring is 1. The first kappa shape index (κ1) is 14.9. The number of hydrogen-bond acceptors (Lipinski definition) is 5. The van der Waals surface area contributed by atoms with E-state index in [1.807, 2.05) is 13.8 Å². The van der Waals surface area contributed by atoms with Crippen LogP contribution in [0.4, 0.5) is 10.2 Å². The predicted octanol–water partition coefficient (Wildman–Crippen LogP) is 3.87. The highest BCUT2D eigenvalue weighted by Crippen LogP contribution is 2.45. The number of nitrogens with two attached hydrogens (primary N) is 1. The third-order valence-corrected chi connectivity index (χ3v) is 5.07. The van der Waals surface area contributed by atoms with E-state index in [0.29, 0.717) is 28.2 Å². The molecule has 0 spiro atoms. The molecule has 4 rings (SSSR count). The summed E-state index contributed by atoms with van der Waals surface area (Å²) in [7, 11) is 0. The molecule has 1 aliphatic carbocycles. The van der Waals surface area contributed by atoms with E-state index in [9.17, 15) is 4.39 Å². The molecule has 6 nitrogen and oxygen atoms in total. The molecule has 0 amide bonds. The Labute approximate surface area is 145 Å². The molecule has 0 atom stereocenters. The van der Waals surface area contributed by atoms with E-state index in [1.54, 1.807) is 4.68 Å². The zero-order chi connectivity index (χ0) is 16.3. The van der Waals surface area contributed by atoms with Crippen LogP contribution in [0.15, 0.2) is 10.7 Å². The molecule has 8 heteroatoms. The van der Waals surface area contributed by atoms with E-state index in [4.69, 9.17) is 10.3 Å². The summed E-state index contributed by atoms with van der Waals surface area (Å²) in [6.45, 7) is 3.88. The molecule has 0 aromatic carbocycles. The fraction of sp³-hybridized carbons (Fsp3) is 0.400. The lowest BCUT2D eigenvalue weighted by Crippen LogP contribution is -2.04. The summed E-state index contributed by atoms with van der Waals surface area (Å²) in [6, 6.07) is -0.0185. The smallest absolute Gasteiger partial charge is 0.167 e. The van der Waals surface area contributed by atoms with Crippen LogP contribution in [-0.2, 0) is 0 Å². The van der Waals surface area contributed by atoms with Crippen molar-refractivity contribution in [2.24, 2.45) is 0 Å².